The van der Waals surface area contributed by atoms with Crippen molar-refractivity contribution < 1.29 is 9.15 Å². The third kappa shape index (κ3) is 2.16. The number of benzene rings is 1. The van der Waals surface area contributed by atoms with Crippen LogP contribution in [-0.4, -0.2) is 16.8 Å². The minimum Gasteiger partial charge on any atom is -0.418 e. The normalized spacial score (nSPS) is 19.3. The van der Waals surface area contributed by atoms with Gasteiger partial charge in [0.05, 0.1) is 0 Å². The fraction of sp³-hybridized carbons (Fsp3) is 0.429. The van der Waals surface area contributed by atoms with E-state index in [0.717, 1.165) is 25.0 Å². The van der Waals surface area contributed by atoms with Crippen molar-refractivity contribution in [2.24, 2.45) is 0 Å². The molecule has 0 amide bonds. The lowest BCUT2D eigenvalue weighted by molar-refractivity contribution is 0.0896. The average Bonchev–Trinajstić information content (AvgIpc) is 2.99. The summed E-state index contributed by atoms with van der Waals surface area (Å²) in [5, 5.41) is 8.21. The van der Waals surface area contributed by atoms with Gasteiger partial charge >= 0.3 is 0 Å². The van der Waals surface area contributed by atoms with Crippen molar-refractivity contribution in [3.63, 3.8) is 0 Å². The summed E-state index contributed by atoms with van der Waals surface area (Å²) >= 11 is 0. The van der Waals surface area contributed by atoms with Crippen LogP contribution in [0.3, 0.4) is 0 Å². The van der Waals surface area contributed by atoms with Gasteiger partial charge in [-0.25, -0.2) is 0 Å². The highest BCUT2D eigenvalue weighted by Gasteiger charge is 2.23. The molecular weight excluding hydrogens is 228 g/mol. The topological polar surface area (TPSA) is 48.2 Å². The van der Waals surface area contributed by atoms with E-state index in [9.17, 15) is 0 Å². The van der Waals surface area contributed by atoms with Gasteiger partial charge in [-0.1, -0.05) is 17.2 Å². The van der Waals surface area contributed by atoms with Crippen molar-refractivity contribution >= 4 is 0 Å². The number of nitrogens with zero attached hydrogens (tertiary/aromatic N) is 2. The first-order chi connectivity index (χ1) is 8.72. The highest BCUT2D eigenvalue weighted by molar-refractivity contribution is 5.55. The van der Waals surface area contributed by atoms with E-state index < -0.39 is 0 Å². The predicted octanol–water partition coefficient (Wildman–Crippen LogP) is 3.20. The van der Waals surface area contributed by atoms with Crippen LogP contribution in [-0.2, 0) is 4.74 Å². The van der Waals surface area contributed by atoms with Gasteiger partial charge in [-0.3, -0.25) is 0 Å². The summed E-state index contributed by atoms with van der Waals surface area (Å²) in [5.41, 5.74) is 3.37. The molecule has 1 aromatic carbocycles. The molecule has 0 bridgehead atoms. The van der Waals surface area contributed by atoms with Gasteiger partial charge < -0.3 is 9.15 Å². The first-order valence-electron chi connectivity index (χ1n) is 6.26. The molecule has 1 saturated heterocycles. The zero-order chi connectivity index (χ0) is 12.5. The van der Waals surface area contributed by atoms with Crippen molar-refractivity contribution in [1.82, 2.24) is 10.2 Å². The zero-order valence-corrected chi connectivity index (χ0v) is 10.6. The number of hydrogen-bond acceptors (Lipinski definition) is 4. The molecular formula is C14H16N2O2. The van der Waals surface area contributed by atoms with Gasteiger partial charge in [0.2, 0.25) is 11.8 Å². The lowest BCUT2D eigenvalue weighted by atomic mass is 10.1. The molecule has 0 saturated carbocycles. The highest BCUT2D eigenvalue weighted by Crippen LogP contribution is 2.29. The number of hydrogen-bond donors (Lipinski definition) is 0. The molecule has 3 rings (SSSR count). The zero-order valence-electron chi connectivity index (χ0n) is 10.6. The van der Waals surface area contributed by atoms with E-state index in [2.05, 4.69) is 42.2 Å². The third-order valence-corrected chi connectivity index (χ3v) is 3.11. The largest absolute Gasteiger partial charge is 0.418 e. The van der Waals surface area contributed by atoms with E-state index in [0.29, 0.717) is 11.8 Å². The van der Waals surface area contributed by atoms with Gasteiger partial charge in [-0.05, 0) is 38.8 Å². The summed E-state index contributed by atoms with van der Waals surface area (Å²) in [6.07, 6.45) is 2.01. The standard InChI is InChI=1S/C14H16N2O2/c1-9-6-10(2)8-11(7-9)13-15-16-14(18-13)12-4-3-5-17-12/h6-8,12H,3-5H2,1-2H3/t12-/m1/s1. The molecule has 0 N–H and O–H groups in total. The lowest BCUT2D eigenvalue weighted by Gasteiger charge is -2.02. The molecule has 1 aliphatic heterocycles. The SMILES string of the molecule is Cc1cc(C)cc(-c2nnc([C@H]3CCCO3)o2)c1. The van der Waals surface area contributed by atoms with E-state index in [-0.39, 0.29) is 6.10 Å². The summed E-state index contributed by atoms with van der Waals surface area (Å²) in [6, 6.07) is 6.24. The molecule has 4 nitrogen and oxygen atoms in total. The van der Waals surface area contributed by atoms with E-state index in [1.165, 1.54) is 11.1 Å². The summed E-state index contributed by atoms with van der Waals surface area (Å²) in [5.74, 6) is 1.17. The number of ether oxygens (including phenoxy) is 1. The van der Waals surface area contributed by atoms with Gasteiger partial charge in [0, 0.05) is 12.2 Å². The highest BCUT2D eigenvalue weighted by atomic mass is 16.5. The lowest BCUT2D eigenvalue weighted by Crippen LogP contribution is -1.95. The van der Waals surface area contributed by atoms with Gasteiger partial charge in [-0.2, -0.15) is 0 Å². The van der Waals surface area contributed by atoms with Crippen LogP contribution in [0.25, 0.3) is 11.5 Å². The maximum atomic E-state index is 5.72. The van der Waals surface area contributed by atoms with E-state index >= 15 is 0 Å². The van der Waals surface area contributed by atoms with E-state index in [1.807, 2.05) is 0 Å². The van der Waals surface area contributed by atoms with Crippen molar-refractivity contribution in [1.29, 1.82) is 0 Å². The Morgan fingerprint density at radius 3 is 2.56 bits per heavy atom. The maximum absolute atomic E-state index is 5.72. The second-order valence-electron chi connectivity index (χ2n) is 4.82. The Morgan fingerprint density at radius 1 is 1.11 bits per heavy atom. The quantitative estimate of drug-likeness (QED) is 0.813. The first-order valence-corrected chi connectivity index (χ1v) is 6.26. The van der Waals surface area contributed by atoms with Crippen molar-refractivity contribution in [3.8, 4) is 11.5 Å². The van der Waals surface area contributed by atoms with Gasteiger partial charge in [0.1, 0.15) is 6.10 Å². The molecule has 1 aliphatic rings. The van der Waals surface area contributed by atoms with Crippen LogP contribution in [0.5, 0.6) is 0 Å². The van der Waals surface area contributed by atoms with E-state index in [4.69, 9.17) is 9.15 Å². The Hall–Kier alpha value is -1.68. The Balaban J connectivity index is 1.92. The maximum Gasteiger partial charge on any atom is 0.247 e. The van der Waals surface area contributed by atoms with Gasteiger partial charge in [-0.15, -0.1) is 10.2 Å². The summed E-state index contributed by atoms with van der Waals surface area (Å²) in [7, 11) is 0. The summed E-state index contributed by atoms with van der Waals surface area (Å²) in [6.45, 7) is 4.91. The molecule has 94 valence electrons. The molecule has 0 aliphatic carbocycles. The molecule has 1 aromatic heterocycles. The fourth-order valence-electron chi connectivity index (χ4n) is 2.35. The molecule has 0 unspecified atom stereocenters. The monoisotopic (exact) mass is 244 g/mol. The molecule has 1 atom stereocenters. The minimum absolute atomic E-state index is 0.0165. The third-order valence-electron chi connectivity index (χ3n) is 3.11. The molecule has 0 radical (unpaired) electrons. The Labute approximate surface area is 106 Å². The Kier molecular flexibility index (Phi) is 2.88. The van der Waals surface area contributed by atoms with Crippen LogP contribution >= 0.6 is 0 Å². The van der Waals surface area contributed by atoms with Crippen molar-refractivity contribution in [2.45, 2.75) is 32.8 Å². The Morgan fingerprint density at radius 2 is 1.89 bits per heavy atom. The fourth-order valence-corrected chi connectivity index (χ4v) is 2.35. The molecule has 18 heavy (non-hydrogen) atoms. The van der Waals surface area contributed by atoms with Crippen LogP contribution in [0.4, 0.5) is 0 Å². The first kappa shape index (κ1) is 11.4. The molecule has 0 spiro atoms. The van der Waals surface area contributed by atoms with Gasteiger partial charge in [0.15, 0.2) is 0 Å². The van der Waals surface area contributed by atoms with Crippen molar-refractivity contribution in [2.75, 3.05) is 6.61 Å². The second-order valence-corrected chi connectivity index (χ2v) is 4.82. The number of rotatable bonds is 2. The smallest absolute Gasteiger partial charge is 0.247 e. The molecule has 1 fully saturated rings. The van der Waals surface area contributed by atoms with Crippen LogP contribution in [0.15, 0.2) is 22.6 Å². The van der Waals surface area contributed by atoms with Crippen LogP contribution in [0.1, 0.15) is 36.0 Å². The summed E-state index contributed by atoms with van der Waals surface area (Å²) < 4.78 is 11.3. The second kappa shape index (κ2) is 4.53. The molecule has 4 heteroatoms. The Bertz CT molecular complexity index is 536. The van der Waals surface area contributed by atoms with E-state index in [1.54, 1.807) is 0 Å². The van der Waals surface area contributed by atoms with Crippen molar-refractivity contribution in [3.05, 3.63) is 35.2 Å². The minimum atomic E-state index is -0.0165. The summed E-state index contributed by atoms with van der Waals surface area (Å²) in [4.78, 5) is 0. The number of aryl methyl sites for hydroxylation is 2. The van der Waals surface area contributed by atoms with Crippen LogP contribution in [0.2, 0.25) is 0 Å². The predicted molar refractivity (Wildman–Crippen MR) is 67.1 cm³/mol. The van der Waals surface area contributed by atoms with Crippen LogP contribution < -0.4 is 0 Å². The molecule has 2 aromatic rings. The van der Waals surface area contributed by atoms with Gasteiger partial charge in [0.25, 0.3) is 0 Å². The average molecular weight is 244 g/mol. The number of aromatic nitrogens is 2. The molecule has 2 heterocycles. The van der Waals surface area contributed by atoms with Crippen LogP contribution in [0, 0.1) is 13.8 Å².